The van der Waals surface area contributed by atoms with Gasteiger partial charge in [-0.3, -0.25) is 4.57 Å². The Kier molecular flexibility index (Phi) is 3.83. The van der Waals surface area contributed by atoms with E-state index in [1.54, 1.807) is 0 Å². The van der Waals surface area contributed by atoms with Gasteiger partial charge in [-0.25, -0.2) is 4.39 Å². The van der Waals surface area contributed by atoms with Crippen LogP contribution in [0.1, 0.15) is 0 Å². The van der Waals surface area contributed by atoms with Crippen molar-refractivity contribution in [1.29, 1.82) is 0 Å². The van der Waals surface area contributed by atoms with Crippen molar-refractivity contribution in [3.8, 4) is 0 Å². The zero-order valence-corrected chi connectivity index (χ0v) is 8.37. The van der Waals surface area contributed by atoms with Crippen LogP contribution in [-0.4, -0.2) is 62.0 Å². The van der Waals surface area contributed by atoms with Gasteiger partial charge >= 0.3 is 7.60 Å². The SMILES string of the molecule is O=P(O)(O)[C@H]1O[C@H](CO)[C@H](F)[C@H](O)[C@H]1O. The van der Waals surface area contributed by atoms with Gasteiger partial charge in [0, 0.05) is 0 Å². The van der Waals surface area contributed by atoms with Gasteiger partial charge in [-0.15, -0.1) is 0 Å². The van der Waals surface area contributed by atoms with Crippen LogP contribution in [0.5, 0.6) is 0 Å². The van der Waals surface area contributed by atoms with Crippen LogP contribution in [0.3, 0.4) is 0 Å². The molecule has 5 atom stereocenters. The van der Waals surface area contributed by atoms with E-state index in [9.17, 15) is 8.96 Å². The average molecular weight is 246 g/mol. The highest BCUT2D eigenvalue weighted by atomic mass is 31.2. The van der Waals surface area contributed by atoms with Crippen molar-refractivity contribution in [2.75, 3.05) is 6.61 Å². The van der Waals surface area contributed by atoms with Gasteiger partial charge in [-0.05, 0) is 0 Å². The number of halogens is 1. The molecule has 1 saturated heterocycles. The zero-order chi connectivity index (χ0) is 11.8. The highest BCUT2D eigenvalue weighted by Gasteiger charge is 2.51. The lowest BCUT2D eigenvalue weighted by Crippen LogP contribution is -2.56. The Morgan fingerprint density at radius 1 is 1.27 bits per heavy atom. The zero-order valence-electron chi connectivity index (χ0n) is 7.47. The fraction of sp³-hybridized carbons (Fsp3) is 1.00. The number of aliphatic hydroxyl groups is 3. The third-order valence-corrected chi connectivity index (χ3v) is 3.24. The van der Waals surface area contributed by atoms with Crippen molar-refractivity contribution in [2.45, 2.75) is 30.3 Å². The van der Waals surface area contributed by atoms with Gasteiger partial charge in [0.25, 0.3) is 0 Å². The summed E-state index contributed by atoms with van der Waals surface area (Å²) in [4.78, 5) is 17.5. The number of aliphatic hydroxyl groups excluding tert-OH is 3. The van der Waals surface area contributed by atoms with Crippen molar-refractivity contribution in [2.24, 2.45) is 0 Å². The minimum atomic E-state index is -4.82. The van der Waals surface area contributed by atoms with Crippen LogP contribution in [0.4, 0.5) is 4.39 Å². The van der Waals surface area contributed by atoms with Crippen LogP contribution < -0.4 is 0 Å². The molecule has 0 spiro atoms. The maximum atomic E-state index is 13.1. The molecule has 5 N–H and O–H groups in total. The molecule has 0 aromatic heterocycles. The van der Waals surface area contributed by atoms with E-state index in [-0.39, 0.29) is 0 Å². The predicted molar refractivity (Wildman–Crippen MR) is 44.7 cm³/mol. The molecule has 0 aromatic rings. The molecule has 0 unspecified atom stereocenters. The lowest BCUT2D eigenvalue weighted by Gasteiger charge is -2.38. The third-order valence-electron chi connectivity index (χ3n) is 2.15. The van der Waals surface area contributed by atoms with Crippen LogP contribution in [0.15, 0.2) is 0 Å². The molecule has 9 heteroatoms. The second kappa shape index (κ2) is 4.42. The number of alkyl halides is 1. The van der Waals surface area contributed by atoms with Gasteiger partial charge in [0.1, 0.15) is 18.3 Å². The summed E-state index contributed by atoms with van der Waals surface area (Å²) in [7, 11) is -4.82. The predicted octanol–water partition coefficient (Wildman–Crippen LogP) is -2.06. The largest absolute Gasteiger partial charge is 0.394 e. The summed E-state index contributed by atoms with van der Waals surface area (Å²) in [6, 6.07) is 0. The highest BCUT2D eigenvalue weighted by molar-refractivity contribution is 7.52. The van der Waals surface area contributed by atoms with E-state index < -0.39 is 44.5 Å². The van der Waals surface area contributed by atoms with Gasteiger partial charge in [0.05, 0.1) is 6.61 Å². The van der Waals surface area contributed by atoms with Gasteiger partial charge in [0.2, 0.25) is 0 Å². The fourth-order valence-electron chi connectivity index (χ4n) is 1.33. The molecule has 1 aliphatic rings. The average Bonchev–Trinajstić information content (AvgIpc) is 2.13. The molecule has 1 heterocycles. The summed E-state index contributed by atoms with van der Waals surface area (Å²) in [5.41, 5.74) is 0. The molecule has 0 aliphatic carbocycles. The first-order valence-corrected chi connectivity index (χ1v) is 5.79. The molecule has 0 radical (unpaired) electrons. The molecule has 0 aromatic carbocycles. The normalized spacial score (nSPS) is 42.9. The van der Waals surface area contributed by atoms with Crippen LogP contribution in [0.2, 0.25) is 0 Å². The molecule has 0 bridgehead atoms. The monoisotopic (exact) mass is 246 g/mol. The summed E-state index contributed by atoms with van der Waals surface area (Å²) in [5, 5.41) is 26.9. The molecular weight excluding hydrogens is 234 g/mol. The molecular formula is C6H12FO7P. The van der Waals surface area contributed by atoms with E-state index in [2.05, 4.69) is 4.74 Å². The molecule has 90 valence electrons. The summed E-state index contributed by atoms with van der Waals surface area (Å²) in [6.07, 6.45) is -7.66. The van der Waals surface area contributed by atoms with Crippen LogP contribution in [0, 0.1) is 0 Å². The molecule has 7 nitrogen and oxygen atoms in total. The van der Waals surface area contributed by atoms with Crippen molar-refractivity contribution in [3.05, 3.63) is 0 Å². The summed E-state index contributed by atoms with van der Waals surface area (Å²) in [6.45, 7) is -0.846. The number of rotatable bonds is 2. The molecule has 1 rings (SSSR count). The first-order chi connectivity index (χ1) is 6.79. The van der Waals surface area contributed by atoms with E-state index in [0.29, 0.717) is 0 Å². The Morgan fingerprint density at radius 3 is 2.20 bits per heavy atom. The smallest absolute Gasteiger partial charge is 0.356 e. The van der Waals surface area contributed by atoms with E-state index in [4.69, 9.17) is 25.1 Å². The van der Waals surface area contributed by atoms with E-state index in [1.807, 2.05) is 0 Å². The summed E-state index contributed by atoms with van der Waals surface area (Å²) in [5.74, 6) is -2.02. The van der Waals surface area contributed by atoms with Gasteiger partial charge in [0.15, 0.2) is 12.0 Å². The van der Waals surface area contributed by atoms with Crippen LogP contribution in [0.25, 0.3) is 0 Å². The highest BCUT2D eigenvalue weighted by Crippen LogP contribution is 2.47. The lowest BCUT2D eigenvalue weighted by atomic mass is 10.0. The topological polar surface area (TPSA) is 127 Å². The Labute approximate surface area is 84.3 Å². The standard InChI is InChI=1S/C6H12FO7P/c7-3-2(1-8)14-6(15(11,12)13)5(10)4(3)9/h2-6,8-10H,1H2,(H2,11,12,13)/t2-,3+,4+,5-,6-/m1/s1. The fourth-order valence-corrected chi connectivity index (χ4v) is 2.22. The van der Waals surface area contributed by atoms with Crippen molar-refractivity contribution < 1.29 is 38.8 Å². The first-order valence-electron chi connectivity index (χ1n) is 4.10. The number of hydrogen-bond donors (Lipinski definition) is 5. The van der Waals surface area contributed by atoms with Crippen molar-refractivity contribution >= 4 is 7.60 Å². The minimum absolute atomic E-state index is 0.846. The number of hydrogen-bond acceptors (Lipinski definition) is 5. The first kappa shape index (κ1) is 13.0. The van der Waals surface area contributed by atoms with E-state index in [1.165, 1.54) is 0 Å². The second-order valence-corrected chi connectivity index (χ2v) is 4.95. The molecule has 15 heavy (non-hydrogen) atoms. The maximum Gasteiger partial charge on any atom is 0.356 e. The van der Waals surface area contributed by atoms with Gasteiger partial charge < -0.3 is 29.8 Å². The Bertz CT molecular complexity index is 266. The third kappa shape index (κ3) is 2.54. The summed E-state index contributed by atoms with van der Waals surface area (Å²) < 4.78 is 28.4. The van der Waals surface area contributed by atoms with Gasteiger partial charge in [-0.1, -0.05) is 0 Å². The quantitative estimate of drug-likeness (QED) is 0.354. The van der Waals surface area contributed by atoms with Crippen molar-refractivity contribution in [3.63, 3.8) is 0 Å². The molecule has 1 aliphatic heterocycles. The molecule has 0 saturated carbocycles. The van der Waals surface area contributed by atoms with Crippen molar-refractivity contribution in [1.82, 2.24) is 0 Å². The lowest BCUT2D eigenvalue weighted by molar-refractivity contribution is -0.191. The summed E-state index contributed by atoms with van der Waals surface area (Å²) >= 11 is 0. The maximum absolute atomic E-state index is 13.1. The van der Waals surface area contributed by atoms with Crippen LogP contribution in [-0.2, 0) is 9.30 Å². The van der Waals surface area contributed by atoms with E-state index >= 15 is 0 Å². The van der Waals surface area contributed by atoms with Crippen LogP contribution >= 0.6 is 7.60 Å². The van der Waals surface area contributed by atoms with E-state index in [0.717, 1.165) is 0 Å². The molecule has 0 amide bonds. The number of ether oxygens (including phenoxy) is 1. The minimum Gasteiger partial charge on any atom is -0.394 e. The molecule has 1 fully saturated rings. The van der Waals surface area contributed by atoms with Gasteiger partial charge in [-0.2, -0.15) is 0 Å². The Morgan fingerprint density at radius 2 is 1.80 bits per heavy atom. The Hall–Kier alpha value is -0.0800. The Balaban J connectivity index is 2.88. The second-order valence-electron chi connectivity index (χ2n) is 3.26.